The van der Waals surface area contributed by atoms with Crippen molar-refractivity contribution in [1.82, 2.24) is 4.90 Å². The molecule has 1 fully saturated rings. The molecule has 2 rings (SSSR count). The fourth-order valence-electron chi connectivity index (χ4n) is 2.23. The van der Waals surface area contributed by atoms with Crippen LogP contribution in [0.2, 0.25) is 0 Å². The zero-order valence-electron chi connectivity index (χ0n) is 9.99. The predicted molar refractivity (Wildman–Crippen MR) is 78.1 cm³/mol. The molecule has 0 aromatic heterocycles. The summed E-state index contributed by atoms with van der Waals surface area (Å²) in [5.41, 5.74) is 0.825. The normalized spacial score (nSPS) is 17.4. The fourth-order valence-corrected chi connectivity index (χ4v) is 2.59. The number of benzene rings is 1. The third kappa shape index (κ3) is 3.69. The zero-order valence-corrected chi connectivity index (χ0v) is 12.2. The summed E-state index contributed by atoms with van der Waals surface area (Å²) in [6.45, 7) is 1.84. The van der Waals surface area contributed by atoms with E-state index in [9.17, 15) is 4.79 Å². The van der Waals surface area contributed by atoms with Crippen molar-refractivity contribution in [3.63, 3.8) is 0 Å². The van der Waals surface area contributed by atoms with Crippen molar-refractivity contribution in [3.8, 4) is 0 Å². The number of carbonyl (C=O) groups is 1. The highest BCUT2D eigenvalue weighted by Crippen LogP contribution is 2.14. The van der Waals surface area contributed by atoms with Crippen LogP contribution in [0.5, 0.6) is 0 Å². The Kier molecular flexibility index (Phi) is 4.83. The van der Waals surface area contributed by atoms with Crippen LogP contribution >= 0.6 is 22.6 Å². The third-order valence-corrected chi connectivity index (χ3v) is 3.95. The molecule has 0 spiro atoms. The maximum atomic E-state index is 12.3. The van der Waals surface area contributed by atoms with Crippen molar-refractivity contribution in [2.24, 2.45) is 0 Å². The molecular formula is C14H18INO. The highest BCUT2D eigenvalue weighted by atomic mass is 127. The minimum Gasteiger partial charge on any atom is -0.339 e. The SMILES string of the molecule is O=C(c1ccc(I)cc1)N1CCCCCCC1. The highest BCUT2D eigenvalue weighted by Gasteiger charge is 2.16. The number of hydrogen-bond donors (Lipinski definition) is 0. The molecule has 1 aromatic carbocycles. The topological polar surface area (TPSA) is 20.3 Å². The maximum absolute atomic E-state index is 12.3. The number of amides is 1. The Bertz CT molecular complexity index is 366. The van der Waals surface area contributed by atoms with E-state index >= 15 is 0 Å². The molecule has 92 valence electrons. The first-order valence-electron chi connectivity index (χ1n) is 6.32. The van der Waals surface area contributed by atoms with Crippen LogP contribution in [0.15, 0.2) is 24.3 Å². The average Bonchev–Trinajstić information content (AvgIpc) is 2.29. The van der Waals surface area contributed by atoms with Crippen molar-refractivity contribution in [2.45, 2.75) is 32.1 Å². The highest BCUT2D eigenvalue weighted by molar-refractivity contribution is 14.1. The quantitative estimate of drug-likeness (QED) is 0.712. The number of carbonyl (C=O) groups excluding carboxylic acids is 1. The van der Waals surface area contributed by atoms with Gasteiger partial charge < -0.3 is 4.90 Å². The lowest BCUT2D eigenvalue weighted by molar-refractivity contribution is 0.0742. The Balaban J connectivity index is 2.04. The first-order valence-corrected chi connectivity index (χ1v) is 7.40. The number of rotatable bonds is 1. The van der Waals surface area contributed by atoms with Crippen LogP contribution in [0.4, 0.5) is 0 Å². The van der Waals surface area contributed by atoms with Gasteiger partial charge in [-0.2, -0.15) is 0 Å². The van der Waals surface area contributed by atoms with Gasteiger partial charge in [-0.15, -0.1) is 0 Å². The number of hydrogen-bond acceptors (Lipinski definition) is 1. The molecule has 0 atom stereocenters. The van der Waals surface area contributed by atoms with E-state index in [0.717, 1.165) is 31.5 Å². The average molecular weight is 343 g/mol. The summed E-state index contributed by atoms with van der Waals surface area (Å²) in [6.07, 6.45) is 6.14. The van der Waals surface area contributed by atoms with Crippen molar-refractivity contribution in [1.29, 1.82) is 0 Å². The first kappa shape index (κ1) is 12.9. The van der Waals surface area contributed by atoms with E-state index in [0.29, 0.717) is 0 Å². The fraction of sp³-hybridized carbons (Fsp3) is 0.500. The van der Waals surface area contributed by atoms with Crippen LogP contribution in [-0.4, -0.2) is 23.9 Å². The van der Waals surface area contributed by atoms with Crippen LogP contribution in [0, 0.1) is 3.57 Å². The molecular weight excluding hydrogens is 325 g/mol. The summed E-state index contributed by atoms with van der Waals surface area (Å²) in [7, 11) is 0. The van der Waals surface area contributed by atoms with E-state index < -0.39 is 0 Å². The van der Waals surface area contributed by atoms with Crippen LogP contribution in [-0.2, 0) is 0 Å². The molecule has 1 aliphatic heterocycles. The molecule has 0 saturated carbocycles. The molecule has 1 amide bonds. The summed E-state index contributed by atoms with van der Waals surface area (Å²) in [5, 5.41) is 0. The molecule has 0 unspecified atom stereocenters. The van der Waals surface area contributed by atoms with Gasteiger partial charge in [-0.1, -0.05) is 19.3 Å². The first-order chi connectivity index (χ1) is 8.27. The summed E-state index contributed by atoms with van der Waals surface area (Å²) in [4.78, 5) is 14.3. The van der Waals surface area contributed by atoms with Gasteiger partial charge in [-0.3, -0.25) is 4.79 Å². The van der Waals surface area contributed by atoms with Gasteiger partial charge in [0, 0.05) is 22.2 Å². The second-order valence-electron chi connectivity index (χ2n) is 4.57. The molecule has 1 aromatic rings. The Morgan fingerprint density at radius 2 is 1.47 bits per heavy atom. The molecule has 1 saturated heterocycles. The smallest absolute Gasteiger partial charge is 0.253 e. The minimum absolute atomic E-state index is 0.198. The zero-order chi connectivity index (χ0) is 12.1. The van der Waals surface area contributed by atoms with Gasteiger partial charge in [0.05, 0.1) is 0 Å². The van der Waals surface area contributed by atoms with Crippen LogP contribution in [0.3, 0.4) is 0 Å². The Morgan fingerprint density at radius 1 is 0.941 bits per heavy atom. The lowest BCUT2D eigenvalue weighted by Crippen LogP contribution is -2.33. The summed E-state index contributed by atoms with van der Waals surface area (Å²) in [6, 6.07) is 7.86. The second-order valence-corrected chi connectivity index (χ2v) is 5.81. The van der Waals surface area contributed by atoms with Gasteiger partial charge in [-0.25, -0.2) is 0 Å². The number of nitrogens with zero attached hydrogens (tertiary/aromatic N) is 1. The van der Waals surface area contributed by atoms with Gasteiger partial charge in [0.2, 0.25) is 0 Å². The van der Waals surface area contributed by atoms with Crippen molar-refractivity contribution in [2.75, 3.05) is 13.1 Å². The Labute approximate surface area is 117 Å². The van der Waals surface area contributed by atoms with Gasteiger partial charge in [0.25, 0.3) is 5.91 Å². The molecule has 2 nitrogen and oxygen atoms in total. The minimum atomic E-state index is 0.198. The van der Waals surface area contributed by atoms with Crippen molar-refractivity contribution >= 4 is 28.5 Å². The predicted octanol–water partition coefficient (Wildman–Crippen LogP) is 3.70. The Hall–Kier alpha value is -0.580. The van der Waals surface area contributed by atoms with Crippen LogP contribution in [0.25, 0.3) is 0 Å². The summed E-state index contributed by atoms with van der Waals surface area (Å²) in [5.74, 6) is 0.198. The summed E-state index contributed by atoms with van der Waals surface area (Å²) >= 11 is 2.26. The molecule has 17 heavy (non-hydrogen) atoms. The van der Waals surface area contributed by atoms with Crippen molar-refractivity contribution < 1.29 is 4.79 Å². The number of likely N-dealkylation sites (tertiary alicyclic amines) is 1. The van der Waals surface area contributed by atoms with Gasteiger partial charge in [-0.05, 0) is 59.7 Å². The van der Waals surface area contributed by atoms with E-state index in [-0.39, 0.29) is 5.91 Å². The monoisotopic (exact) mass is 343 g/mol. The van der Waals surface area contributed by atoms with E-state index in [2.05, 4.69) is 22.6 Å². The lowest BCUT2D eigenvalue weighted by Gasteiger charge is -2.24. The molecule has 0 radical (unpaired) electrons. The van der Waals surface area contributed by atoms with E-state index in [4.69, 9.17) is 0 Å². The molecule has 0 aliphatic carbocycles. The van der Waals surface area contributed by atoms with Gasteiger partial charge >= 0.3 is 0 Å². The Morgan fingerprint density at radius 3 is 2.06 bits per heavy atom. The molecule has 3 heteroatoms. The molecule has 1 aliphatic rings. The molecule has 0 N–H and O–H groups in total. The summed E-state index contributed by atoms with van der Waals surface area (Å²) < 4.78 is 1.17. The standard InChI is InChI=1S/C14H18INO/c15-13-8-6-12(7-9-13)14(17)16-10-4-2-1-3-5-11-16/h6-9H,1-5,10-11H2. The number of halogens is 1. The molecule has 1 heterocycles. The van der Waals surface area contributed by atoms with E-state index in [1.165, 1.54) is 22.8 Å². The van der Waals surface area contributed by atoms with E-state index in [1.54, 1.807) is 0 Å². The van der Waals surface area contributed by atoms with Gasteiger partial charge in [0.15, 0.2) is 0 Å². The van der Waals surface area contributed by atoms with Crippen LogP contribution in [0.1, 0.15) is 42.5 Å². The van der Waals surface area contributed by atoms with E-state index in [1.807, 2.05) is 29.2 Å². The van der Waals surface area contributed by atoms with Crippen molar-refractivity contribution in [3.05, 3.63) is 33.4 Å². The third-order valence-electron chi connectivity index (χ3n) is 3.23. The van der Waals surface area contributed by atoms with Gasteiger partial charge in [0.1, 0.15) is 0 Å². The second kappa shape index (κ2) is 6.38. The molecule has 0 bridgehead atoms. The largest absolute Gasteiger partial charge is 0.339 e. The lowest BCUT2D eigenvalue weighted by atomic mass is 10.1. The van der Waals surface area contributed by atoms with Crippen LogP contribution < -0.4 is 0 Å². The maximum Gasteiger partial charge on any atom is 0.253 e.